The van der Waals surface area contributed by atoms with Crippen LogP contribution in [-0.2, 0) is 11.0 Å². The largest absolute Gasteiger partial charge is 0.418 e. The van der Waals surface area contributed by atoms with Gasteiger partial charge < -0.3 is 10.3 Å². The van der Waals surface area contributed by atoms with E-state index >= 15 is 0 Å². The average Bonchev–Trinajstić information content (AvgIpc) is 2.65. The van der Waals surface area contributed by atoms with Gasteiger partial charge in [-0.3, -0.25) is 9.59 Å². The molecule has 0 aliphatic heterocycles. The lowest BCUT2D eigenvalue weighted by atomic mass is 10.1. The third-order valence-corrected chi connectivity index (χ3v) is 5.25. The summed E-state index contributed by atoms with van der Waals surface area (Å²) in [5, 5.41) is 2.26. The van der Waals surface area contributed by atoms with E-state index in [4.69, 9.17) is 0 Å². The number of nitrogens with zero attached hydrogens (tertiary/aromatic N) is 1. The predicted molar refractivity (Wildman–Crippen MR) is 102 cm³/mol. The minimum atomic E-state index is -4.58. The summed E-state index contributed by atoms with van der Waals surface area (Å²) in [6, 6.07) is 11.5. The zero-order chi connectivity index (χ0) is 20.3. The highest BCUT2D eigenvalue weighted by Gasteiger charge is 2.34. The standard InChI is InChI=1S/C19H16F3N3O2S/c1-2-15(17(27)23-14-10-6-4-8-12(14)19(20,21)22)28-18-24-13-9-5-3-7-11(13)16(26)25-18/h3-10,15H,2H2,1H3,(H,23,27)(H,24,25,26). The first kappa shape index (κ1) is 19.9. The van der Waals surface area contributed by atoms with E-state index < -0.39 is 22.9 Å². The number of nitrogens with one attached hydrogen (secondary N) is 2. The van der Waals surface area contributed by atoms with Crippen LogP contribution >= 0.6 is 11.8 Å². The molecule has 146 valence electrons. The van der Waals surface area contributed by atoms with Crippen molar-refractivity contribution in [2.75, 3.05) is 5.32 Å². The molecule has 2 aromatic carbocycles. The highest BCUT2D eigenvalue weighted by Crippen LogP contribution is 2.35. The molecule has 0 radical (unpaired) electrons. The van der Waals surface area contributed by atoms with Crippen molar-refractivity contribution in [1.82, 2.24) is 9.97 Å². The third kappa shape index (κ3) is 4.36. The van der Waals surface area contributed by atoms with Gasteiger partial charge in [-0.1, -0.05) is 43.0 Å². The van der Waals surface area contributed by atoms with Gasteiger partial charge in [-0.15, -0.1) is 0 Å². The van der Waals surface area contributed by atoms with E-state index in [-0.39, 0.29) is 16.4 Å². The topological polar surface area (TPSA) is 74.8 Å². The maximum atomic E-state index is 13.1. The maximum absolute atomic E-state index is 13.1. The minimum Gasteiger partial charge on any atom is -0.325 e. The number of para-hydroxylation sites is 2. The lowest BCUT2D eigenvalue weighted by Gasteiger charge is -2.17. The first-order valence-corrected chi connectivity index (χ1v) is 9.30. The highest BCUT2D eigenvalue weighted by molar-refractivity contribution is 8.00. The molecule has 0 saturated carbocycles. The maximum Gasteiger partial charge on any atom is 0.418 e. The van der Waals surface area contributed by atoms with Gasteiger partial charge in [-0.25, -0.2) is 4.98 Å². The van der Waals surface area contributed by atoms with Crippen molar-refractivity contribution in [3.63, 3.8) is 0 Å². The number of carbonyl (C=O) groups is 1. The van der Waals surface area contributed by atoms with Crippen LogP contribution < -0.4 is 10.9 Å². The number of H-pyrrole nitrogens is 1. The number of aromatic amines is 1. The second kappa shape index (κ2) is 8.05. The molecular formula is C19H16F3N3O2S. The Bertz CT molecular complexity index is 1070. The summed E-state index contributed by atoms with van der Waals surface area (Å²) >= 11 is 0.998. The van der Waals surface area contributed by atoms with E-state index in [9.17, 15) is 22.8 Å². The van der Waals surface area contributed by atoms with Crippen LogP contribution in [0, 0.1) is 0 Å². The van der Waals surface area contributed by atoms with E-state index in [1.807, 2.05) is 0 Å². The lowest BCUT2D eigenvalue weighted by Crippen LogP contribution is -2.26. The fraction of sp³-hybridized carbons (Fsp3) is 0.211. The van der Waals surface area contributed by atoms with Gasteiger partial charge in [0.05, 0.1) is 27.4 Å². The molecule has 28 heavy (non-hydrogen) atoms. The Kier molecular flexibility index (Phi) is 5.73. The van der Waals surface area contributed by atoms with Crippen LogP contribution in [0.25, 0.3) is 10.9 Å². The molecule has 1 atom stereocenters. The Balaban J connectivity index is 1.83. The van der Waals surface area contributed by atoms with E-state index in [1.54, 1.807) is 31.2 Å². The molecule has 1 aromatic heterocycles. The number of rotatable bonds is 5. The summed E-state index contributed by atoms with van der Waals surface area (Å²) < 4.78 is 39.3. The summed E-state index contributed by atoms with van der Waals surface area (Å²) in [5.74, 6) is -0.597. The molecule has 0 fully saturated rings. The molecule has 3 rings (SSSR count). The van der Waals surface area contributed by atoms with Crippen molar-refractivity contribution in [1.29, 1.82) is 0 Å². The van der Waals surface area contributed by atoms with Gasteiger partial charge in [-0.2, -0.15) is 13.2 Å². The number of halogens is 3. The highest BCUT2D eigenvalue weighted by atomic mass is 32.2. The molecule has 0 bridgehead atoms. The van der Waals surface area contributed by atoms with Gasteiger partial charge in [0, 0.05) is 0 Å². The average molecular weight is 407 g/mol. The zero-order valence-corrected chi connectivity index (χ0v) is 15.5. The second-order valence-electron chi connectivity index (χ2n) is 5.94. The molecule has 1 heterocycles. The fourth-order valence-corrected chi connectivity index (χ4v) is 3.54. The van der Waals surface area contributed by atoms with Crippen molar-refractivity contribution in [3.05, 3.63) is 64.4 Å². The minimum absolute atomic E-state index is 0.231. The summed E-state index contributed by atoms with van der Waals surface area (Å²) in [4.78, 5) is 31.6. The number of carbonyl (C=O) groups excluding carboxylic acids is 1. The Labute approximate surface area is 162 Å². The molecule has 0 aliphatic carbocycles. The number of hydrogen-bond acceptors (Lipinski definition) is 4. The normalized spacial score (nSPS) is 12.7. The van der Waals surface area contributed by atoms with Gasteiger partial charge in [0.2, 0.25) is 5.91 Å². The SMILES string of the molecule is CCC(Sc1nc2ccccc2c(=O)[nH]1)C(=O)Nc1ccccc1C(F)(F)F. The summed E-state index contributed by atoms with van der Waals surface area (Å²) in [5.41, 5.74) is -1.09. The summed E-state index contributed by atoms with van der Waals surface area (Å²) in [6.45, 7) is 1.73. The first-order valence-electron chi connectivity index (χ1n) is 8.42. The second-order valence-corrected chi connectivity index (χ2v) is 7.13. The van der Waals surface area contributed by atoms with E-state index in [0.29, 0.717) is 17.3 Å². The van der Waals surface area contributed by atoms with E-state index in [2.05, 4.69) is 15.3 Å². The molecule has 2 N–H and O–H groups in total. The number of benzene rings is 2. The molecule has 0 spiro atoms. The van der Waals surface area contributed by atoms with Crippen LogP contribution in [0.3, 0.4) is 0 Å². The lowest BCUT2D eigenvalue weighted by molar-refractivity contribution is -0.137. The number of anilines is 1. The number of fused-ring (bicyclic) bond motifs is 1. The molecule has 9 heteroatoms. The molecule has 1 unspecified atom stereocenters. The molecule has 0 saturated heterocycles. The van der Waals surface area contributed by atoms with E-state index in [1.165, 1.54) is 18.2 Å². The van der Waals surface area contributed by atoms with E-state index in [0.717, 1.165) is 17.8 Å². The number of amides is 1. The van der Waals surface area contributed by atoms with Gasteiger partial charge in [-0.05, 0) is 30.7 Å². The van der Waals surface area contributed by atoms with Crippen LogP contribution in [0.5, 0.6) is 0 Å². The molecule has 1 amide bonds. The van der Waals surface area contributed by atoms with Crippen LogP contribution in [0.2, 0.25) is 0 Å². The van der Waals surface area contributed by atoms with Gasteiger partial charge in [0.15, 0.2) is 5.16 Å². The Morgan fingerprint density at radius 2 is 1.86 bits per heavy atom. The van der Waals surface area contributed by atoms with Gasteiger partial charge in [0.1, 0.15) is 0 Å². The van der Waals surface area contributed by atoms with Crippen molar-refractivity contribution >= 4 is 34.3 Å². The number of alkyl halides is 3. The Morgan fingerprint density at radius 3 is 2.57 bits per heavy atom. The number of thioether (sulfide) groups is 1. The molecule has 5 nitrogen and oxygen atoms in total. The predicted octanol–water partition coefficient (Wildman–Crippen LogP) is 4.45. The Hall–Kier alpha value is -2.81. The third-order valence-electron chi connectivity index (χ3n) is 4.00. The zero-order valence-electron chi connectivity index (χ0n) is 14.7. The molecule has 3 aromatic rings. The number of hydrogen-bond donors (Lipinski definition) is 2. The smallest absolute Gasteiger partial charge is 0.325 e. The van der Waals surface area contributed by atoms with Crippen molar-refractivity contribution in [2.24, 2.45) is 0 Å². The van der Waals surface area contributed by atoms with Crippen LogP contribution in [0.4, 0.5) is 18.9 Å². The van der Waals surface area contributed by atoms with Crippen molar-refractivity contribution in [3.8, 4) is 0 Å². The van der Waals surface area contributed by atoms with Gasteiger partial charge in [0.25, 0.3) is 5.56 Å². The Morgan fingerprint density at radius 1 is 1.18 bits per heavy atom. The summed E-state index contributed by atoms with van der Waals surface area (Å²) in [6.07, 6.45) is -4.24. The van der Waals surface area contributed by atoms with Crippen LogP contribution in [0.1, 0.15) is 18.9 Å². The fourth-order valence-electron chi connectivity index (χ4n) is 2.63. The van der Waals surface area contributed by atoms with Crippen LogP contribution in [0.15, 0.2) is 58.5 Å². The monoisotopic (exact) mass is 407 g/mol. The number of aromatic nitrogens is 2. The van der Waals surface area contributed by atoms with Crippen molar-refractivity contribution < 1.29 is 18.0 Å². The molecular weight excluding hydrogens is 391 g/mol. The van der Waals surface area contributed by atoms with Gasteiger partial charge >= 0.3 is 6.18 Å². The summed E-state index contributed by atoms with van der Waals surface area (Å²) in [7, 11) is 0. The quantitative estimate of drug-likeness (QED) is 0.484. The first-order chi connectivity index (χ1) is 13.3. The van der Waals surface area contributed by atoms with Crippen molar-refractivity contribution in [2.45, 2.75) is 29.9 Å². The van der Waals surface area contributed by atoms with Crippen LogP contribution in [-0.4, -0.2) is 21.1 Å². The molecule has 0 aliphatic rings.